The van der Waals surface area contributed by atoms with Gasteiger partial charge in [0.1, 0.15) is 0 Å². The Kier molecular flexibility index (Phi) is 2.56. The first-order valence-corrected chi connectivity index (χ1v) is 7.80. The average Bonchev–Trinajstić information content (AvgIpc) is 2.96. The zero-order valence-electron chi connectivity index (χ0n) is 12.5. The highest BCUT2D eigenvalue weighted by Crippen LogP contribution is 2.32. The Labute approximate surface area is 134 Å². The molecule has 1 radical (unpaired) electrons. The molecule has 107 valence electrons. The molecule has 0 aliphatic carbocycles. The van der Waals surface area contributed by atoms with Gasteiger partial charge in [-0.1, -0.05) is 54.6 Å². The number of rotatable bonds is 1. The van der Waals surface area contributed by atoms with Gasteiger partial charge in [-0.25, -0.2) is 0 Å². The van der Waals surface area contributed by atoms with E-state index in [0.29, 0.717) is 0 Å². The molecule has 5 aromatic rings. The second-order valence-electron chi connectivity index (χ2n) is 5.83. The lowest BCUT2D eigenvalue weighted by molar-refractivity contribution is 1.19. The summed E-state index contributed by atoms with van der Waals surface area (Å²) in [6, 6.07) is 33.1. The minimum Gasteiger partial charge on any atom is -0.309 e. The minimum atomic E-state index is 1.20. The molecule has 23 heavy (non-hydrogen) atoms. The average molecular weight is 292 g/mol. The van der Waals surface area contributed by atoms with Crippen LogP contribution in [0.4, 0.5) is 0 Å². The number of aromatic nitrogens is 1. The Morgan fingerprint density at radius 2 is 1.43 bits per heavy atom. The maximum absolute atomic E-state index is 3.21. The van der Waals surface area contributed by atoms with Crippen molar-refractivity contribution in [1.82, 2.24) is 4.57 Å². The van der Waals surface area contributed by atoms with E-state index in [4.69, 9.17) is 0 Å². The quantitative estimate of drug-likeness (QED) is 0.371. The van der Waals surface area contributed by atoms with E-state index in [9.17, 15) is 0 Å². The zero-order chi connectivity index (χ0) is 15.2. The van der Waals surface area contributed by atoms with Crippen LogP contribution in [0.2, 0.25) is 0 Å². The summed E-state index contributed by atoms with van der Waals surface area (Å²) in [7, 11) is 0. The van der Waals surface area contributed by atoms with Gasteiger partial charge in [0, 0.05) is 16.5 Å². The van der Waals surface area contributed by atoms with Crippen molar-refractivity contribution in [3.8, 4) is 5.69 Å². The van der Waals surface area contributed by atoms with Gasteiger partial charge in [-0.05, 0) is 47.2 Å². The van der Waals surface area contributed by atoms with Crippen molar-refractivity contribution in [2.75, 3.05) is 0 Å². The van der Waals surface area contributed by atoms with Crippen LogP contribution in [-0.4, -0.2) is 4.57 Å². The predicted molar refractivity (Wildman–Crippen MR) is 97.1 cm³/mol. The molecular weight excluding hydrogens is 278 g/mol. The van der Waals surface area contributed by atoms with Crippen molar-refractivity contribution < 1.29 is 0 Å². The Morgan fingerprint density at radius 1 is 0.652 bits per heavy atom. The van der Waals surface area contributed by atoms with Gasteiger partial charge in [-0.3, -0.25) is 0 Å². The van der Waals surface area contributed by atoms with Gasteiger partial charge in [-0.2, -0.15) is 0 Å². The molecule has 1 heterocycles. The molecule has 0 saturated heterocycles. The molecule has 0 spiro atoms. The van der Waals surface area contributed by atoms with E-state index in [-0.39, 0.29) is 0 Å². The predicted octanol–water partition coefficient (Wildman–Crippen LogP) is 5.74. The van der Waals surface area contributed by atoms with Gasteiger partial charge in [0.25, 0.3) is 0 Å². The molecule has 0 bridgehead atoms. The van der Waals surface area contributed by atoms with E-state index in [1.807, 2.05) is 6.07 Å². The lowest BCUT2D eigenvalue weighted by Gasteiger charge is -2.09. The molecule has 4 aromatic carbocycles. The Balaban J connectivity index is 1.93. The number of nitrogens with zero attached hydrogens (tertiary/aromatic N) is 1. The van der Waals surface area contributed by atoms with Crippen molar-refractivity contribution in [3.05, 3.63) is 91.0 Å². The fourth-order valence-corrected chi connectivity index (χ4v) is 3.45. The van der Waals surface area contributed by atoms with E-state index < -0.39 is 0 Å². The molecule has 5 rings (SSSR count). The molecule has 0 aliphatic heterocycles. The van der Waals surface area contributed by atoms with Crippen LogP contribution in [0, 0.1) is 6.07 Å². The molecule has 0 N–H and O–H groups in total. The van der Waals surface area contributed by atoms with Crippen LogP contribution in [0.25, 0.3) is 38.3 Å². The molecule has 0 unspecified atom stereocenters. The summed E-state index contributed by atoms with van der Waals surface area (Å²) >= 11 is 0. The smallest absolute Gasteiger partial charge is 0.0541 e. The summed E-state index contributed by atoms with van der Waals surface area (Å²) in [6.07, 6.45) is 0. The highest BCUT2D eigenvalue weighted by Gasteiger charge is 2.11. The molecule has 0 fully saturated rings. The monoisotopic (exact) mass is 292 g/mol. The molecule has 0 aliphatic rings. The largest absolute Gasteiger partial charge is 0.309 e. The number of hydrogen-bond donors (Lipinski definition) is 0. The van der Waals surface area contributed by atoms with Gasteiger partial charge < -0.3 is 4.57 Å². The first-order chi connectivity index (χ1) is 11.4. The lowest BCUT2D eigenvalue weighted by atomic mass is 10.1. The molecule has 1 nitrogen and oxygen atoms in total. The fourth-order valence-electron chi connectivity index (χ4n) is 3.45. The molecule has 0 amide bonds. The van der Waals surface area contributed by atoms with E-state index in [1.54, 1.807) is 0 Å². The summed E-state index contributed by atoms with van der Waals surface area (Å²) in [4.78, 5) is 0. The van der Waals surface area contributed by atoms with Crippen LogP contribution in [0.15, 0.2) is 84.9 Å². The normalized spacial score (nSPS) is 11.5. The van der Waals surface area contributed by atoms with Gasteiger partial charge in [0.15, 0.2) is 0 Å². The molecule has 1 heteroatoms. The van der Waals surface area contributed by atoms with Crippen molar-refractivity contribution in [1.29, 1.82) is 0 Å². The van der Waals surface area contributed by atoms with Crippen molar-refractivity contribution in [3.63, 3.8) is 0 Å². The van der Waals surface area contributed by atoms with Crippen LogP contribution in [-0.2, 0) is 0 Å². The van der Waals surface area contributed by atoms with E-state index >= 15 is 0 Å². The van der Waals surface area contributed by atoms with Gasteiger partial charge in [0.2, 0.25) is 0 Å². The minimum absolute atomic E-state index is 1.20. The summed E-state index contributed by atoms with van der Waals surface area (Å²) < 4.78 is 2.34. The Morgan fingerprint density at radius 3 is 2.39 bits per heavy atom. The van der Waals surface area contributed by atoms with Crippen LogP contribution in [0.1, 0.15) is 0 Å². The first-order valence-electron chi connectivity index (χ1n) is 7.80. The lowest BCUT2D eigenvalue weighted by Crippen LogP contribution is -1.93. The Hall–Kier alpha value is -3.06. The molecule has 0 atom stereocenters. The highest BCUT2D eigenvalue weighted by atomic mass is 15.0. The van der Waals surface area contributed by atoms with Crippen LogP contribution >= 0.6 is 0 Å². The summed E-state index contributed by atoms with van der Waals surface area (Å²) in [5.41, 5.74) is 3.65. The van der Waals surface area contributed by atoms with Crippen molar-refractivity contribution in [2.45, 2.75) is 0 Å². The van der Waals surface area contributed by atoms with E-state index in [0.717, 1.165) is 0 Å². The van der Waals surface area contributed by atoms with Crippen molar-refractivity contribution >= 4 is 32.6 Å². The van der Waals surface area contributed by atoms with Gasteiger partial charge >= 0.3 is 0 Å². The third kappa shape index (κ3) is 1.80. The molecule has 0 saturated carbocycles. The second kappa shape index (κ2) is 4.72. The maximum Gasteiger partial charge on any atom is 0.0541 e. The number of para-hydroxylation sites is 1. The van der Waals surface area contributed by atoms with Gasteiger partial charge in [-0.15, -0.1) is 0 Å². The van der Waals surface area contributed by atoms with Crippen molar-refractivity contribution in [2.24, 2.45) is 0 Å². The SMILES string of the molecule is [c]1ccc2c(c1)c1ccccc1n2-c1ccc2ccccc2c1. The van der Waals surface area contributed by atoms with E-state index in [2.05, 4.69) is 89.5 Å². The third-order valence-electron chi connectivity index (χ3n) is 4.51. The van der Waals surface area contributed by atoms with Crippen LogP contribution in [0.5, 0.6) is 0 Å². The topological polar surface area (TPSA) is 4.93 Å². The zero-order valence-corrected chi connectivity index (χ0v) is 12.5. The summed E-state index contributed by atoms with van der Waals surface area (Å²) in [5, 5.41) is 5.05. The van der Waals surface area contributed by atoms with E-state index in [1.165, 1.54) is 38.3 Å². The maximum atomic E-state index is 3.21. The summed E-state index contributed by atoms with van der Waals surface area (Å²) in [5.74, 6) is 0. The molecular formula is C22H14N. The molecule has 1 aromatic heterocycles. The summed E-state index contributed by atoms with van der Waals surface area (Å²) in [6.45, 7) is 0. The fraction of sp³-hybridized carbons (Fsp3) is 0. The second-order valence-corrected chi connectivity index (χ2v) is 5.83. The standard InChI is InChI=1S/C22H14N/c1-2-8-17-15-18(14-13-16(17)7-1)23-21-11-5-3-9-19(21)20-10-4-6-12-22(20)23/h1-3,5-15H. The number of hydrogen-bond acceptors (Lipinski definition) is 0. The van der Waals surface area contributed by atoms with Crippen LogP contribution in [0.3, 0.4) is 0 Å². The Bertz CT molecular complexity index is 1110. The first kappa shape index (κ1) is 12.5. The number of fused-ring (bicyclic) bond motifs is 4. The number of benzene rings is 4. The van der Waals surface area contributed by atoms with Gasteiger partial charge in [0.05, 0.1) is 11.0 Å². The third-order valence-corrected chi connectivity index (χ3v) is 4.51. The van der Waals surface area contributed by atoms with Crippen LogP contribution < -0.4 is 0 Å². The highest BCUT2D eigenvalue weighted by molar-refractivity contribution is 6.09.